The van der Waals surface area contributed by atoms with Crippen LogP contribution in [0.15, 0.2) is 36.5 Å². The number of pyridine rings is 1. The molecule has 144 valence electrons. The molecule has 27 heavy (non-hydrogen) atoms. The van der Waals surface area contributed by atoms with E-state index in [4.69, 9.17) is 0 Å². The monoisotopic (exact) mass is 408 g/mol. The van der Waals surface area contributed by atoms with Crippen molar-refractivity contribution in [3.8, 4) is 5.69 Å². The van der Waals surface area contributed by atoms with Crippen molar-refractivity contribution in [3.05, 3.63) is 47.9 Å². The zero-order valence-corrected chi connectivity index (χ0v) is 16.8. The maximum absolute atomic E-state index is 12.9. The Morgan fingerprint density at radius 3 is 2.78 bits per heavy atom. The lowest BCUT2D eigenvalue weighted by Gasteiger charge is -2.33. The number of hydrogen-bond donors (Lipinski definition) is 1. The van der Waals surface area contributed by atoms with Crippen LogP contribution >= 0.6 is 24.8 Å². The number of nitrogens with zero attached hydrogens (tertiary/aromatic N) is 5. The Hall–Kier alpha value is -2.22. The van der Waals surface area contributed by atoms with E-state index in [-0.39, 0.29) is 36.8 Å². The topological polar surface area (TPSA) is 75.9 Å². The highest BCUT2D eigenvalue weighted by Gasteiger charge is 2.28. The van der Waals surface area contributed by atoms with Gasteiger partial charge in [-0.25, -0.2) is 4.68 Å². The van der Waals surface area contributed by atoms with E-state index in [1.54, 1.807) is 10.9 Å². The Morgan fingerprint density at radius 2 is 2.00 bits per heavy atom. The molecular formula is C18H22Cl2N6O. The molecule has 2 aromatic heterocycles. The van der Waals surface area contributed by atoms with Gasteiger partial charge in [0, 0.05) is 37.3 Å². The number of carbonyl (C=O) groups excluding carboxylic acids is 1. The van der Waals surface area contributed by atoms with Gasteiger partial charge >= 0.3 is 0 Å². The van der Waals surface area contributed by atoms with Gasteiger partial charge in [0.2, 0.25) is 0 Å². The first-order valence-corrected chi connectivity index (χ1v) is 8.45. The molecule has 1 aromatic carbocycles. The van der Waals surface area contributed by atoms with Crippen molar-refractivity contribution in [3.63, 3.8) is 0 Å². The summed E-state index contributed by atoms with van der Waals surface area (Å²) in [5, 5.41) is 12.7. The zero-order valence-electron chi connectivity index (χ0n) is 15.1. The third-order valence-electron chi connectivity index (χ3n) is 4.70. The molecule has 0 radical (unpaired) electrons. The fourth-order valence-electron chi connectivity index (χ4n) is 3.29. The first kappa shape index (κ1) is 21.1. The highest BCUT2D eigenvalue weighted by molar-refractivity contribution is 5.94. The summed E-state index contributed by atoms with van der Waals surface area (Å²) in [7, 11) is 0. The number of halogens is 2. The summed E-state index contributed by atoms with van der Waals surface area (Å²) >= 11 is 0. The SMILES string of the molecule is Cc1c(C(=O)N2CCNC[C@H]2C)nnn1-c1cccc2cccnc12.Cl.Cl. The molecule has 0 spiro atoms. The smallest absolute Gasteiger partial charge is 0.276 e. The highest BCUT2D eigenvalue weighted by atomic mass is 35.5. The number of aromatic nitrogens is 4. The molecule has 9 heteroatoms. The van der Waals surface area contributed by atoms with Gasteiger partial charge in [0.05, 0.1) is 16.9 Å². The summed E-state index contributed by atoms with van der Waals surface area (Å²) in [6.07, 6.45) is 1.76. The number of benzene rings is 1. The van der Waals surface area contributed by atoms with Crippen LogP contribution in [0.3, 0.4) is 0 Å². The van der Waals surface area contributed by atoms with Crippen LogP contribution in [-0.4, -0.2) is 56.5 Å². The van der Waals surface area contributed by atoms with E-state index in [0.717, 1.165) is 35.4 Å². The molecule has 1 aliphatic heterocycles. The molecular weight excluding hydrogens is 387 g/mol. The quantitative estimate of drug-likeness (QED) is 0.704. The largest absolute Gasteiger partial charge is 0.332 e. The Bertz CT molecular complexity index is 939. The second kappa shape index (κ2) is 8.65. The molecule has 1 atom stereocenters. The summed E-state index contributed by atoms with van der Waals surface area (Å²) in [5.74, 6) is -0.0639. The number of carbonyl (C=O) groups is 1. The number of rotatable bonds is 2. The fourth-order valence-corrected chi connectivity index (χ4v) is 3.29. The first-order valence-electron chi connectivity index (χ1n) is 8.45. The Labute approximate surface area is 170 Å². The van der Waals surface area contributed by atoms with E-state index in [9.17, 15) is 4.79 Å². The van der Waals surface area contributed by atoms with Crippen LogP contribution in [0.4, 0.5) is 0 Å². The van der Waals surface area contributed by atoms with Gasteiger partial charge < -0.3 is 10.2 Å². The molecule has 3 aromatic rings. The lowest BCUT2D eigenvalue weighted by molar-refractivity contribution is 0.0649. The number of fused-ring (bicyclic) bond motifs is 1. The van der Waals surface area contributed by atoms with Gasteiger partial charge in [0.25, 0.3) is 5.91 Å². The minimum atomic E-state index is -0.0639. The van der Waals surface area contributed by atoms with E-state index in [1.165, 1.54) is 0 Å². The molecule has 1 N–H and O–H groups in total. The van der Waals surface area contributed by atoms with Crippen LogP contribution in [0.25, 0.3) is 16.6 Å². The van der Waals surface area contributed by atoms with E-state index in [2.05, 4.69) is 20.6 Å². The Morgan fingerprint density at radius 1 is 1.22 bits per heavy atom. The number of hydrogen-bond acceptors (Lipinski definition) is 5. The van der Waals surface area contributed by atoms with Crippen LogP contribution < -0.4 is 5.32 Å². The third-order valence-corrected chi connectivity index (χ3v) is 4.70. The summed E-state index contributed by atoms with van der Waals surface area (Å²) < 4.78 is 1.70. The van der Waals surface area contributed by atoms with E-state index in [0.29, 0.717) is 12.2 Å². The molecule has 4 rings (SSSR count). The van der Waals surface area contributed by atoms with Gasteiger partial charge in [0.1, 0.15) is 0 Å². The average molecular weight is 409 g/mol. The van der Waals surface area contributed by atoms with E-state index < -0.39 is 0 Å². The molecule has 0 saturated carbocycles. The molecule has 1 amide bonds. The van der Waals surface area contributed by atoms with Gasteiger partial charge in [-0.2, -0.15) is 0 Å². The van der Waals surface area contributed by atoms with E-state index >= 15 is 0 Å². The normalized spacial score (nSPS) is 16.5. The van der Waals surface area contributed by atoms with Crippen molar-refractivity contribution in [1.82, 2.24) is 30.2 Å². The lowest BCUT2D eigenvalue weighted by Crippen LogP contribution is -2.52. The Kier molecular flexibility index (Phi) is 6.75. The van der Waals surface area contributed by atoms with Crippen LogP contribution in [0.2, 0.25) is 0 Å². The number of piperazine rings is 1. The van der Waals surface area contributed by atoms with E-state index in [1.807, 2.05) is 49.1 Å². The third kappa shape index (κ3) is 3.76. The van der Waals surface area contributed by atoms with Gasteiger partial charge in [-0.3, -0.25) is 9.78 Å². The molecule has 7 nitrogen and oxygen atoms in total. The van der Waals surface area contributed by atoms with Crippen molar-refractivity contribution < 1.29 is 4.79 Å². The van der Waals surface area contributed by atoms with Gasteiger partial charge in [-0.15, -0.1) is 29.9 Å². The van der Waals surface area contributed by atoms with Crippen molar-refractivity contribution >= 4 is 41.6 Å². The summed E-state index contributed by atoms with van der Waals surface area (Å²) in [6, 6.07) is 9.96. The molecule has 1 saturated heterocycles. The standard InChI is InChI=1S/C18H20N6O.2ClH/c1-12-11-19-9-10-23(12)18(25)16-13(2)24(22-21-16)15-7-3-5-14-6-4-8-20-17(14)15;;/h3-8,12,19H,9-11H2,1-2H3;2*1H/t12-;;/m1../s1. The molecule has 0 aliphatic carbocycles. The van der Waals surface area contributed by atoms with Crippen LogP contribution in [0.1, 0.15) is 23.1 Å². The fraction of sp³-hybridized carbons (Fsp3) is 0.333. The molecule has 1 aliphatic rings. The summed E-state index contributed by atoms with van der Waals surface area (Å²) in [5.41, 5.74) is 2.80. The second-order valence-corrected chi connectivity index (χ2v) is 6.34. The zero-order chi connectivity index (χ0) is 17.4. The molecule has 3 heterocycles. The van der Waals surface area contributed by atoms with Crippen molar-refractivity contribution in [2.75, 3.05) is 19.6 Å². The van der Waals surface area contributed by atoms with Crippen molar-refractivity contribution in [1.29, 1.82) is 0 Å². The Balaban J connectivity index is 0.00000131. The maximum Gasteiger partial charge on any atom is 0.276 e. The lowest BCUT2D eigenvalue weighted by atomic mass is 10.1. The second-order valence-electron chi connectivity index (χ2n) is 6.34. The van der Waals surface area contributed by atoms with Crippen LogP contribution in [0, 0.1) is 6.92 Å². The van der Waals surface area contributed by atoms with Crippen molar-refractivity contribution in [2.24, 2.45) is 0 Å². The van der Waals surface area contributed by atoms with Crippen molar-refractivity contribution in [2.45, 2.75) is 19.9 Å². The average Bonchev–Trinajstić information content (AvgIpc) is 3.02. The highest BCUT2D eigenvalue weighted by Crippen LogP contribution is 2.22. The predicted molar refractivity (Wildman–Crippen MR) is 109 cm³/mol. The number of nitrogens with one attached hydrogen (secondary N) is 1. The minimum Gasteiger partial charge on any atom is -0.332 e. The predicted octanol–water partition coefficient (Wildman–Crippen LogP) is 2.40. The summed E-state index contributed by atoms with van der Waals surface area (Å²) in [6.45, 7) is 6.20. The van der Waals surface area contributed by atoms with Gasteiger partial charge in [-0.1, -0.05) is 23.4 Å². The maximum atomic E-state index is 12.9. The number of para-hydroxylation sites is 1. The van der Waals surface area contributed by atoms with Crippen LogP contribution in [0.5, 0.6) is 0 Å². The van der Waals surface area contributed by atoms with Gasteiger partial charge in [-0.05, 0) is 26.0 Å². The summed E-state index contributed by atoms with van der Waals surface area (Å²) in [4.78, 5) is 19.2. The molecule has 1 fully saturated rings. The molecule has 0 bridgehead atoms. The molecule has 0 unspecified atom stereocenters. The van der Waals surface area contributed by atoms with Gasteiger partial charge in [0.15, 0.2) is 5.69 Å². The minimum absolute atomic E-state index is 0. The number of amides is 1. The van der Waals surface area contributed by atoms with Crippen LogP contribution in [-0.2, 0) is 0 Å². The first-order chi connectivity index (χ1) is 12.2.